The van der Waals surface area contributed by atoms with Crippen LogP contribution in [-0.4, -0.2) is 42.2 Å². The molecule has 0 radical (unpaired) electrons. The summed E-state index contributed by atoms with van der Waals surface area (Å²) < 4.78 is 0. The van der Waals surface area contributed by atoms with Crippen LogP contribution in [0.15, 0.2) is 54.6 Å². The summed E-state index contributed by atoms with van der Waals surface area (Å²) in [6, 6.07) is 19.2. The third-order valence-corrected chi connectivity index (χ3v) is 6.26. The van der Waals surface area contributed by atoms with E-state index in [0.29, 0.717) is 0 Å². The van der Waals surface area contributed by atoms with Crippen LogP contribution >= 0.6 is 0 Å². The monoisotopic (exact) mass is 395 g/mol. The first kappa shape index (κ1) is 21.8. The molecule has 1 heterocycles. The van der Waals surface area contributed by atoms with E-state index in [1.807, 2.05) is 0 Å². The van der Waals surface area contributed by atoms with Gasteiger partial charge in [0.15, 0.2) is 0 Å². The number of benzene rings is 2. The minimum Gasteiger partial charge on any atom is -0.387 e. The number of anilines is 1. The van der Waals surface area contributed by atoms with Gasteiger partial charge < -0.3 is 16.2 Å². The molecule has 0 amide bonds. The average Bonchev–Trinajstić information content (AvgIpc) is 2.77. The number of piperidine rings is 1. The Morgan fingerprint density at radius 3 is 2.38 bits per heavy atom. The zero-order valence-corrected chi connectivity index (χ0v) is 17.8. The van der Waals surface area contributed by atoms with Gasteiger partial charge in [-0.2, -0.15) is 0 Å². The van der Waals surface area contributed by atoms with E-state index >= 15 is 0 Å². The van der Waals surface area contributed by atoms with E-state index in [-0.39, 0.29) is 6.04 Å². The van der Waals surface area contributed by atoms with Gasteiger partial charge in [0.05, 0.1) is 6.10 Å². The van der Waals surface area contributed by atoms with Crippen LogP contribution in [0, 0.1) is 5.92 Å². The van der Waals surface area contributed by atoms with Crippen molar-refractivity contribution in [1.82, 2.24) is 4.90 Å². The SMILES string of the molecule is C[C@@H]([C@H](O)c1ccc(NCCCCN)cc1)N1CCC(Cc2ccccc2)CC1. The molecule has 158 valence electrons. The summed E-state index contributed by atoms with van der Waals surface area (Å²) in [5, 5.41) is 14.3. The lowest BCUT2D eigenvalue weighted by Gasteiger charge is -2.38. The highest BCUT2D eigenvalue weighted by atomic mass is 16.3. The molecule has 4 heteroatoms. The summed E-state index contributed by atoms with van der Waals surface area (Å²) in [7, 11) is 0. The molecule has 0 bridgehead atoms. The Kier molecular flexibility index (Phi) is 8.53. The molecule has 2 aromatic carbocycles. The van der Waals surface area contributed by atoms with Gasteiger partial charge in [-0.05, 0) is 87.8 Å². The smallest absolute Gasteiger partial charge is 0.0942 e. The number of hydrogen-bond acceptors (Lipinski definition) is 4. The number of unbranched alkanes of at least 4 members (excludes halogenated alkanes) is 1. The Morgan fingerprint density at radius 2 is 1.72 bits per heavy atom. The molecule has 0 aliphatic carbocycles. The van der Waals surface area contributed by atoms with Crippen molar-refractivity contribution in [3.63, 3.8) is 0 Å². The van der Waals surface area contributed by atoms with Crippen LogP contribution in [0.2, 0.25) is 0 Å². The number of aliphatic hydroxyl groups is 1. The fourth-order valence-corrected chi connectivity index (χ4v) is 4.29. The van der Waals surface area contributed by atoms with Gasteiger partial charge >= 0.3 is 0 Å². The normalized spacial score (nSPS) is 17.8. The standard InChI is InChI=1S/C25H37N3O/c1-20(25(29)23-9-11-24(12-10-23)27-16-6-5-15-26)28-17-13-22(14-18-28)19-21-7-3-2-4-8-21/h2-4,7-12,20,22,25,27,29H,5-6,13-19,26H2,1H3/t20-,25-/m0/s1. The highest BCUT2D eigenvalue weighted by Gasteiger charge is 2.27. The van der Waals surface area contributed by atoms with Crippen LogP contribution in [0.1, 0.15) is 49.8 Å². The van der Waals surface area contributed by atoms with Gasteiger partial charge in [-0.25, -0.2) is 0 Å². The molecule has 0 spiro atoms. The van der Waals surface area contributed by atoms with E-state index in [4.69, 9.17) is 5.73 Å². The number of aliphatic hydroxyl groups excluding tert-OH is 1. The number of nitrogens with two attached hydrogens (primary N) is 1. The number of hydrogen-bond donors (Lipinski definition) is 3. The van der Waals surface area contributed by atoms with Crippen LogP contribution in [0.25, 0.3) is 0 Å². The largest absolute Gasteiger partial charge is 0.387 e. The third-order valence-electron chi connectivity index (χ3n) is 6.26. The minimum absolute atomic E-state index is 0.135. The van der Waals surface area contributed by atoms with Crippen LogP contribution < -0.4 is 11.1 Å². The van der Waals surface area contributed by atoms with Crippen molar-refractivity contribution < 1.29 is 5.11 Å². The summed E-state index contributed by atoms with van der Waals surface area (Å²) >= 11 is 0. The predicted octanol–water partition coefficient (Wildman–Crippen LogP) is 4.21. The van der Waals surface area contributed by atoms with Crippen molar-refractivity contribution >= 4 is 5.69 Å². The molecule has 0 saturated carbocycles. The van der Waals surface area contributed by atoms with Gasteiger partial charge in [-0.3, -0.25) is 4.90 Å². The molecular formula is C25H37N3O. The van der Waals surface area contributed by atoms with Crippen LogP contribution in [-0.2, 0) is 6.42 Å². The molecule has 1 aliphatic heterocycles. The molecule has 0 aromatic heterocycles. The molecule has 4 nitrogen and oxygen atoms in total. The summed E-state index contributed by atoms with van der Waals surface area (Å²) in [4.78, 5) is 2.45. The van der Waals surface area contributed by atoms with Crippen molar-refractivity contribution in [1.29, 1.82) is 0 Å². The van der Waals surface area contributed by atoms with Gasteiger partial charge in [-0.1, -0.05) is 42.5 Å². The van der Waals surface area contributed by atoms with Gasteiger partial charge in [-0.15, -0.1) is 0 Å². The second-order valence-corrected chi connectivity index (χ2v) is 8.40. The Balaban J connectivity index is 1.45. The Labute approximate surface area is 176 Å². The van der Waals surface area contributed by atoms with Gasteiger partial charge in [0.25, 0.3) is 0 Å². The molecule has 0 unspecified atom stereocenters. The second-order valence-electron chi connectivity index (χ2n) is 8.40. The fourth-order valence-electron chi connectivity index (χ4n) is 4.29. The summed E-state index contributed by atoms with van der Waals surface area (Å²) in [6.07, 6.45) is 5.26. The highest BCUT2D eigenvalue weighted by Crippen LogP contribution is 2.28. The van der Waals surface area contributed by atoms with E-state index in [1.165, 1.54) is 24.8 Å². The summed E-state index contributed by atoms with van der Waals surface area (Å²) in [5.74, 6) is 0.752. The maximum atomic E-state index is 10.9. The Morgan fingerprint density at radius 1 is 1.03 bits per heavy atom. The quantitative estimate of drug-likeness (QED) is 0.527. The van der Waals surface area contributed by atoms with Crippen LogP contribution in [0.3, 0.4) is 0 Å². The number of rotatable bonds is 10. The molecule has 2 atom stereocenters. The van der Waals surface area contributed by atoms with Crippen molar-refractivity contribution in [2.45, 2.75) is 51.2 Å². The van der Waals surface area contributed by atoms with E-state index < -0.39 is 6.10 Å². The molecule has 2 aromatic rings. The second kappa shape index (κ2) is 11.3. The van der Waals surface area contributed by atoms with Crippen LogP contribution in [0.5, 0.6) is 0 Å². The van der Waals surface area contributed by atoms with Gasteiger partial charge in [0.1, 0.15) is 0 Å². The maximum Gasteiger partial charge on any atom is 0.0942 e. The fraction of sp³-hybridized carbons (Fsp3) is 0.520. The lowest BCUT2D eigenvalue weighted by Crippen LogP contribution is -2.43. The first-order valence-electron chi connectivity index (χ1n) is 11.2. The molecule has 3 rings (SSSR count). The maximum absolute atomic E-state index is 10.9. The molecule has 1 aliphatic rings. The first-order chi connectivity index (χ1) is 14.2. The number of nitrogens with zero attached hydrogens (tertiary/aromatic N) is 1. The molecule has 1 saturated heterocycles. The van der Waals surface area contributed by atoms with E-state index in [2.05, 4.69) is 71.7 Å². The summed E-state index contributed by atoms with van der Waals surface area (Å²) in [5.41, 5.74) is 9.07. The van der Waals surface area contributed by atoms with Gasteiger partial charge in [0.2, 0.25) is 0 Å². The Bertz CT molecular complexity index is 696. The number of likely N-dealkylation sites (tertiary alicyclic amines) is 1. The lowest BCUT2D eigenvalue weighted by molar-refractivity contribution is 0.0373. The average molecular weight is 396 g/mol. The highest BCUT2D eigenvalue weighted by molar-refractivity contribution is 5.45. The van der Waals surface area contributed by atoms with Crippen molar-refractivity contribution in [2.24, 2.45) is 11.7 Å². The molecule has 29 heavy (non-hydrogen) atoms. The van der Waals surface area contributed by atoms with Crippen molar-refractivity contribution in [3.05, 3.63) is 65.7 Å². The molecule has 4 N–H and O–H groups in total. The topological polar surface area (TPSA) is 61.5 Å². The van der Waals surface area contributed by atoms with Gasteiger partial charge in [0, 0.05) is 18.3 Å². The van der Waals surface area contributed by atoms with Crippen LogP contribution in [0.4, 0.5) is 5.69 Å². The third kappa shape index (κ3) is 6.56. The summed E-state index contributed by atoms with van der Waals surface area (Å²) in [6.45, 7) is 5.97. The lowest BCUT2D eigenvalue weighted by atomic mass is 9.89. The van der Waals surface area contributed by atoms with E-state index in [0.717, 1.165) is 56.2 Å². The molecule has 1 fully saturated rings. The zero-order chi connectivity index (χ0) is 20.5. The molecular weight excluding hydrogens is 358 g/mol. The van der Waals surface area contributed by atoms with Crippen molar-refractivity contribution in [2.75, 3.05) is 31.5 Å². The predicted molar refractivity (Wildman–Crippen MR) is 122 cm³/mol. The van der Waals surface area contributed by atoms with E-state index in [1.54, 1.807) is 0 Å². The number of nitrogens with one attached hydrogen (secondary N) is 1. The Hall–Kier alpha value is -1.88. The zero-order valence-electron chi connectivity index (χ0n) is 17.8. The van der Waals surface area contributed by atoms with Crippen molar-refractivity contribution in [3.8, 4) is 0 Å². The minimum atomic E-state index is -0.452. The first-order valence-corrected chi connectivity index (χ1v) is 11.2. The van der Waals surface area contributed by atoms with E-state index in [9.17, 15) is 5.11 Å².